The van der Waals surface area contributed by atoms with Gasteiger partial charge in [0.2, 0.25) is 5.91 Å². The molecule has 1 amide bonds. The summed E-state index contributed by atoms with van der Waals surface area (Å²) in [7, 11) is 0. The molecule has 1 N–H and O–H groups in total. The second kappa shape index (κ2) is 9.79. The first-order chi connectivity index (χ1) is 16.2. The quantitative estimate of drug-likeness (QED) is 0.625. The number of hydrogen-bond donors (Lipinski definition) is 1. The molecule has 0 saturated carbocycles. The lowest BCUT2D eigenvalue weighted by atomic mass is 9.94. The van der Waals surface area contributed by atoms with Crippen molar-refractivity contribution in [3.8, 4) is 0 Å². The number of hydrogen-bond acceptors (Lipinski definition) is 5. The van der Waals surface area contributed by atoms with Gasteiger partial charge in [0.1, 0.15) is 11.6 Å². The van der Waals surface area contributed by atoms with Crippen LogP contribution in [0.25, 0.3) is 0 Å². The van der Waals surface area contributed by atoms with E-state index in [-0.39, 0.29) is 23.7 Å². The molecule has 2 aromatic heterocycles. The Kier molecular flexibility index (Phi) is 6.44. The van der Waals surface area contributed by atoms with Crippen molar-refractivity contribution >= 4 is 5.91 Å². The van der Waals surface area contributed by atoms with Crippen LogP contribution in [0.15, 0.2) is 48.8 Å². The number of piperidine rings is 1. The van der Waals surface area contributed by atoms with Crippen LogP contribution < -0.4 is 0 Å². The standard InChI is InChI=1S/C25H29FN6O/c26-21-7-5-18(6-8-21)15-23-28-24(30-29-23)22-4-2-12-32(22)25(33)20-9-13-31(14-10-20)17-19-3-1-11-27-16-19/h1,3,5-8,11,16,20,22H,2,4,9-10,12-15,17H2,(H,28,29,30)/t22-/m0/s1. The van der Waals surface area contributed by atoms with E-state index in [4.69, 9.17) is 0 Å². The van der Waals surface area contributed by atoms with Crippen molar-refractivity contribution in [1.29, 1.82) is 0 Å². The van der Waals surface area contributed by atoms with Gasteiger partial charge >= 0.3 is 0 Å². The summed E-state index contributed by atoms with van der Waals surface area (Å²) in [5, 5.41) is 7.44. The van der Waals surface area contributed by atoms with Crippen molar-refractivity contribution in [3.05, 3.63) is 77.4 Å². The fourth-order valence-corrected chi connectivity index (χ4v) is 4.96. The van der Waals surface area contributed by atoms with Crippen LogP contribution in [0.1, 0.15) is 54.5 Å². The van der Waals surface area contributed by atoms with Crippen molar-refractivity contribution in [1.82, 2.24) is 30.0 Å². The number of nitrogens with zero attached hydrogens (tertiary/aromatic N) is 5. The first kappa shape index (κ1) is 21.7. The molecule has 1 aromatic carbocycles. The number of carbonyl (C=O) groups excluding carboxylic acids is 1. The third kappa shape index (κ3) is 5.11. The van der Waals surface area contributed by atoms with Gasteiger partial charge in [-0.05, 0) is 68.1 Å². The minimum atomic E-state index is -0.250. The van der Waals surface area contributed by atoms with E-state index in [2.05, 4.69) is 31.1 Å². The number of likely N-dealkylation sites (tertiary alicyclic amines) is 2. The van der Waals surface area contributed by atoms with E-state index in [0.29, 0.717) is 12.2 Å². The van der Waals surface area contributed by atoms with Crippen LogP contribution in [0.4, 0.5) is 4.39 Å². The van der Waals surface area contributed by atoms with Gasteiger partial charge in [-0.2, -0.15) is 5.10 Å². The lowest BCUT2D eigenvalue weighted by Crippen LogP contribution is -2.42. The van der Waals surface area contributed by atoms with Gasteiger partial charge in [-0.25, -0.2) is 9.37 Å². The van der Waals surface area contributed by atoms with E-state index >= 15 is 0 Å². The van der Waals surface area contributed by atoms with E-state index in [1.54, 1.807) is 18.3 Å². The summed E-state index contributed by atoms with van der Waals surface area (Å²) in [5.74, 6) is 1.48. The third-order valence-electron chi connectivity index (χ3n) is 6.73. The van der Waals surface area contributed by atoms with Gasteiger partial charge in [0, 0.05) is 37.8 Å². The minimum Gasteiger partial charge on any atom is -0.332 e. The van der Waals surface area contributed by atoms with Gasteiger partial charge in [-0.15, -0.1) is 0 Å². The molecule has 3 aromatic rings. The largest absolute Gasteiger partial charge is 0.332 e. The molecule has 2 aliphatic rings. The topological polar surface area (TPSA) is 78.0 Å². The third-order valence-corrected chi connectivity index (χ3v) is 6.73. The summed E-state index contributed by atoms with van der Waals surface area (Å²) in [4.78, 5) is 26.6. The first-order valence-electron chi connectivity index (χ1n) is 11.7. The normalized spacial score (nSPS) is 19.8. The van der Waals surface area contributed by atoms with Gasteiger partial charge in [0.05, 0.1) is 6.04 Å². The van der Waals surface area contributed by atoms with Crippen LogP contribution in [0.5, 0.6) is 0 Å². The number of H-pyrrole nitrogens is 1. The highest BCUT2D eigenvalue weighted by atomic mass is 19.1. The molecule has 0 spiro atoms. The number of benzene rings is 1. The monoisotopic (exact) mass is 448 g/mol. The Morgan fingerprint density at radius 3 is 2.64 bits per heavy atom. The van der Waals surface area contributed by atoms with E-state index in [1.807, 2.05) is 17.2 Å². The summed E-state index contributed by atoms with van der Waals surface area (Å²) >= 11 is 0. The van der Waals surface area contributed by atoms with Gasteiger partial charge in [0.25, 0.3) is 0 Å². The Bertz CT molecular complexity index is 1060. The van der Waals surface area contributed by atoms with Gasteiger partial charge in [-0.3, -0.25) is 19.8 Å². The zero-order chi connectivity index (χ0) is 22.6. The second-order valence-electron chi connectivity index (χ2n) is 9.04. The minimum absolute atomic E-state index is 0.0633. The molecular formula is C25H29FN6O. The molecule has 7 nitrogen and oxygen atoms in total. The number of amides is 1. The van der Waals surface area contributed by atoms with E-state index in [1.165, 1.54) is 17.7 Å². The predicted molar refractivity (Wildman–Crippen MR) is 122 cm³/mol. The van der Waals surface area contributed by atoms with E-state index in [9.17, 15) is 9.18 Å². The maximum Gasteiger partial charge on any atom is 0.226 e. The molecule has 172 valence electrons. The molecule has 2 aliphatic heterocycles. The van der Waals surface area contributed by atoms with Crippen LogP contribution in [0.2, 0.25) is 0 Å². The molecular weight excluding hydrogens is 419 g/mol. The Hall–Kier alpha value is -3.13. The van der Waals surface area contributed by atoms with E-state index < -0.39 is 0 Å². The van der Waals surface area contributed by atoms with Crippen molar-refractivity contribution in [2.75, 3.05) is 19.6 Å². The van der Waals surface area contributed by atoms with Crippen molar-refractivity contribution in [2.45, 2.75) is 44.7 Å². The summed E-state index contributed by atoms with van der Waals surface area (Å²) < 4.78 is 13.1. The van der Waals surface area contributed by atoms with Crippen LogP contribution in [0, 0.1) is 11.7 Å². The first-order valence-corrected chi connectivity index (χ1v) is 11.7. The smallest absolute Gasteiger partial charge is 0.226 e. The molecule has 0 unspecified atom stereocenters. The van der Waals surface area contributed by atoms with Crippen LogP contribution in [0.3, 0.4) is 0 Å². The SMILES string of the molecule is O=C(C1CCN(Cc2cccnc2)CC1)N1CCC[C@H]1c1n[nH]c(Cc2ccc(F)cc2)n1. The fourth-order valence-electron chi connectivity index (χ4n) is 4.96. The van der Waals surface area contributed by atoms with Gasteiger partial charge in [-0.1, -0.05) is 18.2 Å². The number of aromatic amines is 1. The Morgan fingerprint density at radius 1 is 1.06 bits per heavy atom. The van der Waals surface area contributed by atoms with Crippen LogP contribution in [-0.4, -0.2) is 55.5 Å². The lowest BCUT2D eigenvalue weighted by Gasteiger charge is -2.34. The molecule has 2 saturated heterocycles. The summed E-state index contributed by atoms with van der Waals surface area (Å²) in [6.45, 7) is 3.49. The van der Waals surface area contributed by atoms with Crippen molar-refractivity contribution in [2.24, 2.45) is 5.92 Å². The molecule has 33 heavy (non-hydrogen) atoms. The highest BCUT2D eigenvalue weighted by Crippen LogP contribution is 2.33. The number of aromatic nitrogens is 4. The number of pyridine rings is 1. The molecule has 4 heterocycles. The average Bonchev–Trinajstić information content (AvgIpc) is 3.51. The molecule has 0 radical (unpaired) electrons. The Labute approximate surface area is 193 Å². The summed E-state index contributed by atoms with van der Waals surface area (Å²) in [5.41, 5.74) is 2.18. The molecule has 0 bridgehead atoms. The summed E-state index contributed by atoms with van der Waals surface area (Å²) in [6, 6.07) is 10.4. The second-order valence-corrected chi connectivity index (χ2v) is 9.04. The maximum atomic E-state index is 13.4. The highest BCUT2D eigenvalue weighted by molar-refractivity contribution is 5.79. The zero-order valence-electron chi connectivity index (χ0n) is 18.7. The molecule has 8 heteroatoms. The number of rotatable bonds is 6. The van der Waals surface area contributed by atoms with Crippen LogP contribution >= 0.6 is 0 Å². The predicted octanol–water partition coefficient (Wildman–Crippen LogP) is 3.51. The average molecular weight is 449 g/mol. The van der Waals surface area contributed by atoms with E-state index in [0.717, 1.165) is 63.3 Å². The zero-order valence-corrected chi connectivity index (χ0v) is 18.7. The van der Waals surface area contributed by atoms with Crippen molar-refractivity contribution in [3.63, 3.8) is 0 Å². The molecule has 0 aliphatic carbocycles. The number of halogens is 1. The van der Waals surface area contributed by atoms with Gasteiger partial charge < -0.3 is 4.90 Å². The Morgan fingerprint density at radius 2 is 1.88 bits per heavy atom. The van der Waals surface area contributed by atoms with Crippen LogP contribution in [-0.2, 0) is 17.8 Å². The summed E-state index contributed by atoms with van der Waals surface area (Å²) in [6.07, 6.45) is 7.88. The van der Waals surface area contributed by atoms with Gasteiger partial charge in [0.15, 0.2) is 5.82 Å². The lowest BCUT2D eigenvalue weighted by molar-refractivity contribution is -0.138. The molecule has 2 fully saturated rings. The Balaban J connectivity index is 1.18. The maximum absolute atomic E-state index is 13.4. The number of nitrogens with one attached hydrogen (secondary N) is 1. The van der Waals surface area contributed by atoms with Crippen molar-refractivity contribution < 1.29 is 9.18 Å². The molecule has 1 atom stereocenters. The molecule has 5 rings (SSSR count). The number of carbonyl (C=O) groups is 1. The highest BCUT2D eigenvalue weighted by Gasteiger charge is 2.37. The fraction of sp³-hybridized carbons (Fsp3) is 0.440.